The van der Waals surface area contributed by atoms with E-state index in [-0.39, 0.29) is 4.90 Å². The quantitative estimate of drug-likeness (QED) is 0.745. The van der Waals surface area contributed by atoms with Gasteiger partial charge in [-0.2, -0.15) is 0 Å². The number of rotatable bonds is 5. The number of aliphatic hydroxyl groups is 2. The second-order valence-corrected chi connectivity index (χ2v) is 6.40. The first kappa shape index (κ1) is 15.4. The van der Waals surface area contributed by atoms with Gasteiger partial charge in [0.1, 0.15) is 0 Å². The van der Waals surface area contributed by atoms with Gasteiger partial charge in [0.05, 0.1) is 23.6 Å². The molecule has 0 amide bonds. The fourth-order valence-corrected chi connectivity index (χ4v) is 3.26. The molecule has 0 unspecified atom stereocenters. The smallest absolute Gasteiger partial charge is 0.241 e. The highest BCUT2D eigenvalue weighted by atomic mass is 35.5. The maximum absolute atomic E-state index is 12.1. The van der Waals surface area contributed by atoms with Gasteiger partial charge in [0, 0.05) is 5.02 Å². The summed E-state index contributed by atoms with van der Waals surface area (Å²) in [6.45, 7) is 1.97. The van der Waals surface area contributed by atoms with Gasteiger partial charge >= 0.3 is 0 Å². The van der Waals surface area contributed by atoms with Crippen LogP contribution in [-0.4, -0.2) is 37.4 Å². The number of sulfonamides is 1. The van der Waals surface area contributed by atoms with Gasteiger partial charge in [-0.3, -0.25) is 0 Å². The molecule has 0 radical (unpaired) electrons. The van der Waals surface area contributed by atoms with Crippen LogP contribution in [0.5, 0.6) is 0 Å². The third-order valence-electron chi connectivity index (χ3n) is 2.59. The molecule has 0 fully saturated rings. The lowest BCUT2D eigenvalue weighted by Gasteiger charge is -2.26. The minimum Gasteiger partial charge on any atom is -0.394 e. The summed E-state index contributed by atoms with van der Waals surface area (Å²) in [5.41, 5.74) is -0.891. The summed E-state index contributed by atoms with van der Waals surface area (Å²) in [6.07, 6.45) is 0. The Kier molecular flexibility index (Phi) is 4.74. The Morgan fingerprint density at radius 1 is 1.33 bits per heavy atom. The molecule has 0 aromatic heterocycles. The van der Waals surface area contributed by atoms with Crippen LogP contribution in [0.25, 0.3) is 0 Å². The Bertz CT molecular complexity index is 526. The normalized spacial score (nSPS) is 12.7. The van der Waals surface area contributed by atoms with E-state index < -0.39 is 28.8 Å². The summed E-state index contributed by atoms with van der Waals surface area (Å²) in [7, 11) is -3.85. The summed E-state index contributed by atoms with van der Waals surface area (Å²) < 4.78 is 26.6. The molecule has 102 valence electrons. The summed E-state index contributed by atoms with van der Waals surface area (Å²) in [6, 6.07) is 4.53. The lowest BCUT2D eigenvalue weighted by Crippen LogP contribution is -2.51. The topological polar surface area (TPSA) is 86.6 Å². The zero-order valence-electron chi connectivity index (χ0n) is 10.1. The molecule has 7 heteroatoms. The van der Waals surface area contributed by atoms with E-state index in [0.717, 1.165) is 0 Å². The largest absolute Gasteiger partial charge is 0.394 e. The predicted octanol–water partition coefficient (Wildman–Crippen LogP) is 0.670. The molecule has 0 saturated heterocycles. The van der Waals surface area contributed by atoms with Crippen LogP contribution < -0.4 is 4.72 Å². The monoisotopic (exact) mass is 293 g/mol. The van der Waals surface area contributed by atoms with Gasteiger partial charge < -0.3 is 10.2 Å². The first-order valence-corrected chi connectivity index (χ1v) is 7.13. The van der Waals surface area contributed by atoms with Crippen LogP contribution in [0.4, 0.5) is 0 Å². The Balaban J connectivity index is 3.19. The van der Waals surface area contributed by atoms with E-state index in [4.69, 9.17) is 21.8 Å². The average Bonchev–Trinajstić information content (AvgIpc) is 2.31. The van der Waals surface area contributed by atoms with Crippen molar-refractivity contribution in [1.82, 2.24) is 4.72 Å². The van der Waals surface area contributed by atoms with Crippen LogP contribution in [-0.2, 0) is 10.0 Å². The van der Waals surface area contributed by atoms with E-state index in [2.05, 4.69) is 4.72 Å². The lowest BCUT2D eigenvalue weighted by atomic mass is 10.1. The number of benzene rings is 1. The van der Waals surface area contributed by atoms with Crippen LogP contribution in [0.3, 0.4) is 0 Å². The molecule has 1 aromatic carbocycles. The minimum atomic E-state index is -3.85. The van der Waals surface area contributed by atoms with Crippen molar-refractivity contribution in [3.8, 4) is 0 Å². The van der Waals surface area contributed by atoms with Crippen molar-refractivity contribution < 1.29 is 18.6 Å². The third-order valence-corrected chi connectivity index (χ3v) is 4.78. The number of aliphatic hydroxyl groups excluding tert-OH is 2. The SMILES string of the molecule is Cc1c(Cl)cccc1S(=O)(=O)NC(C)(CO)CO. The molecule has 0 spiro atoms. The van der Waals surface area contributed by atoms with E-state index in [9.17, 15) is 8.42 Å². The maximum atomic E-state index is 12.1. The molecule has 5 nitrogen and oxygen atoms in total. The van der Waals surface area contributed by atoms with E-state index in [1.807, 2.05) is 0 Å². The van der Waals surface area contributed by atoms with Gasteiger partial charge in [-0.25, -0.2) is 13.1 Å². The highest BCUT2D eigenvalue weighted by Crippen LogP contribution is 2.23. The molecular weight excluding hydrogens is 278 g/mol. The standard InChI is InChI=1S/C11H16ClNO4S/c1-8-9(12)4-3-5-10(8)18(16,17)13-11(2,6-14)7-15/h3-5,13-15H,6-7H2,1-2H3. The molecule has 1 rings (SSSR count). The van der Waals surface area contributed by atoms with Crippen molar-refractivity contribution in [3.05, 3.63) is 28.8 Å². The zero-order chi connectivity index (χ0) is 14.0. The van der Waals surface area contributed by atoms with Crippen LogP contribution in [0, 0.1) is 6.92 Å². The number of hydrogen-bond acceptors (Lipinski definition) is 4. The Hall–Kier alpha value is -0.660. The van der Waals surface area contributed by atoms with Gasteiger partial charge in [-0.15, -0.1) is 0 Å². The van der Waals surface area contributed by atoms with Crippen molar-refractivity contribution in [3.63, 3.8) is 0 Å². The fraction of sp³-hybridized carbons (Fsp3) is 0.455. The molecule has 0 atom stereocenters. The van der Waals surface area contributed by atoms with Crippen molar-refractivity contribution >= 4 is 21.6 Å². The molecule has 0 heterocycles. The van der Waals surface area contributed by atoms with Gasteiger partial charge in [-0.05, 0) is 31.5 Å². The number of hydrogen-bond donors (Lipinski definition) is 3. The Morgan fingerprint density at radius 3 is 2.39 bits per heavy atom. The highest BCUT2D eigenvalue weighted by Gasteiger charge is 2.30. The van der Waals surface area contributed by atoms with Crippen LogP contribution in [0.2, 0.25) is 5.02 Å². The van der Waals surface area contributed by atoms with Gasteiger partial charge in [0.25, 0.3) is 0 Å². The molecule has 0 bridgehead atoms. The zero-order valence-corrected chi connectivity index (χ0v) is 11.7. The first-order valence-electron chi connectivity index (χ1n) is 5.26. The molecule has 0 aliphatic heterocycles. The third kappa shape index (κ3) is 3.21. The van der Waals surface area contributed by atoms with Crippen molar-refractivity contribution in [1.29, 1.82) is 0 Å². The predicted molar refractivity (Wildman–Crippen MR) is 69.1 cm³/mol. The highest BCUT2D eigenvalue weighted by molar-refractivity contribution is 7.89. The van der Waals surface area contributed by atoms with E-state index in [1.165, 1.54) is 19.1 Å². The minimum absolute atomic E-state index is 0.0307. The molecule has 18 heavy (non-hydrogen) atoms. The van der Waals surface area contributed by atoms with Gasteiger partial charge in [0.2, 0.25) is 10.0 Å². The summed E-state index contributed by atoms with van der Waals surface area (Å²) in [4.78, 5) is 0.0307. The first-order chi connectivity index (χ1) is 8.25. The lowest BCUT2D eigenvalue weighted by molar-refractivity contribution is 0.121. The molecule has 0 aliphatic carbocycles. The van der Waals surface area contributed by atoms with Gasteiger partial charge in [-0.1, -0.05) is 17.7 Å². The molecule has 0 saturated carbocycles. The molecule has 1 aromatic rings. The second kappa shape index (κ2) is 5.54. The van der Waals surface area contributed by atoms with Crippen molar-refractivity contribution in [2.75, 3.05) is 13.2 Å². The summed E-state index contributed by atoms with van der Waals surface area (Å²) >= 11 is 5.87. The molecular formula is C11H16ClNO4S. The van der Waals surface area contributed by atoms with Crippen LogP contribution >= 0.6 is 11.6 Å². The van der Waals surface area contributed by atoms with E-state index >= 15 is 0 Å². The number of nitrogens with one attached hydrogen (secondary N) is 1. The van der Waals surface area contributed by atoms with E-state index in [1.54, 1.807) is 13.0 Å². The molecule has 0 aliphatic rings. The van der Waals surface area contributed by atoms with E-state index in [0.29, 0.717) is 10.6 Å². The van der Waals surface area contributed by atoms with Crippen LogP contribution in [0.15, 0.2) is 23.1 Å². The second-order valence-electron chi connectivity index (χ2n) is 4.35. The number of halogens is 1. The Labute approximate surface area is 111 Å². The van der Waals surface area contributed by atoms with Gasteiger partial charge in [0.15, 0.2) is 0 Å². The summed E-state index contributed by atoms with van der Waals surface area (Å²) in [5.74, 6) is 0. The summed E-state index contributed by atoms with van der Waals surface area (Å²) in [5, 5.41) is 18.6. The molecule has 3 N–H and O–H groups in total. The van der Waals surface area contributed by atoms with Crippen LogP contribution in [0.1, 0.15) is 12.5 Å². The van der Waals surface area contributed by atoms with Crippen molar-refractivity contribution in [2.45, 2.75) is 24.3 Å². The maximum Gasteiger partial charge on any atom is 0.241 e. The fourth-order valence-electron chi connectivity index (χ4n) is 1.37. The van der Waals surface area contributed by atoms with Crippen molar-refractivity contribution in [2.24, 2.45) is 0 Å². The average molecular weight is 294 g/mol. The Morgan fingerprint density at radius 2 is 1.89 bits per heavy atom.